The number of benzene rings is 9. The molecule has 408 valence electrons. The summed E-state index contributed by atoms with van der Waals surface area (Å²) in [7, 11) is 0. The standard InChI is InChI=1S/C80H52N6S/c1-5-13-51(14-6-1)59-33-63(47-81-43-59)55-21-27-75-69(37-55)70-38-56(64-34-60(44-82-48-64)52-15-7-2-8-16-52)22-28-76(70)85(75)67-25-31-79-73(41-67)74-42-68(26-32-80(74)87-79)86-77-29-23-57(65-35-61(45-83-49-65)53-17-9-3-10-18-53)39-71(77)72-40-58(24-30-78(72)86)66-36-62(46-84-50-66)54-19-11-4-12-20-54/h1-19,21-50,54H,20H2. The molecule has 7 heterocycles. The van der Waals surface area contributed by atoms with E-state index in [0.717, 1.165) is 118 Å². The normalized spacial score (nSPS) is 13.3. The molecule has 0 saturated carbocycles. The maximum Gasteiger partial charge on any atom is 0.0541 e. The molecular formula is C80H52N6S. The molecule has 9 aromatic carbocycles. The molecule has 0 bridgehead atoms. The van der Waals surface area contributed by atoms with Gasteiger partial charge >= 0.3 is 0 Å². The average Bonchev–Trinajstić information content (AvgIpc) is 1.71. The third-order valence-corrected chi connectivity index (χ3v) is 18.7. The zero-order valence-corrected chi connectivity index (χ0v) is 48.0. The number of pyridine rings is 4. The van der Waals surface area contributed by atoms with Crippen molar-refractivity contribution in [3.63, 3.8) is 0 Å². The zero-order valence-electron chi connectivity index (χ0n) is 47.2. The first-order valence-electron chi connectivity index (χ1n) is 29.5. The second-order valence-corrected chi connectivity index (χ2v) is 23.8. The Morgan fingerprint density at radius 2 is 0.644 bits per heavy atom. The Morgan fingerprint density at radius 3 is 1.01 bits per heavy atom. The Morgan fingerprint density at radius 1 is 0.287 bits per heavy atom. The Balaban J connectivity index is 0.817. The predicted octanol–water partition coefficient (Wildman–Crippen LogP) is 21.1. The highest BCUT2D eigenvalue weighted by Crippen LogP contribution is 2.44. The van der Waals surface area contributed by atoms with Crippen molar-refractivity contribution in [3.8, 4) is 89.3 Å². The average molecular weight is 1130 g/mol. The fourth-order valence-corrected chi connectivity index (χ4v) is 14.2. The topological polar surface area (TPSA) is 61.4 Å². The van der Waals surface area contributed by atoms with E-state index in [0.29, 0.717) is 5.92 Å². The molecule has 1 atom stereocenters. The number of thiophene rings is 1. The molecule has 16 aromatic rings. The largest absolute Gasteiger partial charge is 0.309 e. The van der Waals surface area contributed by atoms with Crippen LogP contribution in [-0.2, 0) is 0 Å². The smallest absolute Gasteiger partial charge is 0.0541 e. The van der Waals surface area contributed by atoms with Gasteiger partial charge in [-0.15, -0.1) is 11.3 Å². The summed E-state index contributed by atoms with van der Waals surface area (Å²) in [6, 6.07) is 82.2. The first-order valence-corrected chi connectivity index (χ1v) is 30.3. The summed E-state index contributed by atoms with van der Waals surface area (Å²) in [6.45, 7) is 0. The lowest BCUT2D eigenvalue weighted by Gasteiger charge is -2.14. The summed E-state index contributed by atoms with van der Waals surface area (Å²) in [5.41, 5.74) is 23.5. The minimum absolute atomic E-state index is 0.304. The van der Waals surface area contributed by atoms with Gasteiger partial charge in [0.1, 0.15) is 0 Å². The quantitative estimate of drug-likeness (QED) is 0.137. The number of hydrogen-bond donors (Lipinski definition) is 0. The Hall–Kier alpha value is -11.1. The van der Waals surface area contributed by atoms with Gasteiger partial charge in [0.15, 0.2) is 0 Å². The lowest BCUT2D eigenvalue weighted by Crippen LogP contribution is -1.97. The van der Waals surface area contributed by atoms with E-state index < -0.39 is 0 Å². The zero-order chi connectivity index (χ0) is 57.4. The summed E-state index contributed by atoms with van der Waals surface area (Å²) in [4.78, 5) is 19.1. The predicted molar refractivity (Wildman–Crippen MR) is 363 cm³/mol. The molecule has 17 rings (SSSR count). The molecule has 1 aliphatic carbocycles. The van der Waals surface area contributed by atoms with Crippen molar-refractivity contribution in [2.75, 3.05) is 0 Å². The van der Waals surface area contributed by atoms with Gasteiger partial charge in [-0.2, -0.15) is 0 Å². The van der Waals surface area contributed by atoms with Gasteiger partial charge in [0.2, 0.25) is 0 Å². The van der Waals surface area contributed by atoms with Crippen molar-refractivity contribution in [1.29, 1.82) is 0 Å². The van der Waals surface area contributed by atoms with E-state index in [9.17, 15) is 0 Å². The molecule has 0 N–H and O–H groups in total. The lowest BCUT2D eigenvalue weighted by molar-refractivity contribution is 0.847. The van der Waals surface area contributed by atoms with Gasteiger partial charge in [-0.25, -0.2) is 0 Å². The highest BCUT2D eigenvalue weighted by molar-refractivity contribution is 7.25. The second kappa shape index (κ2) is 20.9. The van der Waals surface area contributed by atoms with Crippen LogP contribution in [0.2, 0.25) is 0 Å². The van der Waals surface area contributed by atoms with Gasteiger partial charge < -0.3 is 9.13 Å². The Labute approximate surface area is 506 Å². The molecule has 1 unspecified atom stereocenters. The summed E-state index contributed by atoms with van der Waals surface area (Å²) < 4.78 is 7.39. The van der Waals surface area contributed by atoms with E-state index in [1.807, 2.05) is 60.9 Å². The van der Waals surface area contributed by atoms with Gasteiger partial charge in [-0.1, -0.05) is 140 Å². The molecule has 0 fully saturated rings. The minimum atomic E-state index is 0.304. The molecule has 1 aliphatic rings. The van der Waals surface area contributed by atoms with Crippen LogP contribution in [-0.4, -0.2) is 29.1 Å². The van der Waals surface area contributed by atoms with Gasteiger partial charge in [-0.3, -0.25) is 19.9 Å². The molecule has 0 saturated heterocycles. The van der Waals surface area contributed by atoms with Crippen LogP contribution >= 0.6 is 11.3 Å². The number of fused-ring (bicyclic) bond motifs is 9. The van der Waals surface area contributed by atoms with E-state index in [4.69, 9.17) is 19.9 Å². The Bertz CT molecular complexity index is 5300. The number of aromatic nitrogens is 6. The van der Waals surface area contributed by atoms with Crippen molar-refractivity contribution in [1.82, 2.24) is 29.1 Å². The van der Waals surface area contributed by atoms with Gasteiger partial charge in [0.25, 0.3) is 0 Å². The van der Waals surface area contributed by atoms with E-state index in [-0.39, 0.29) is 0 Å². The van der Waals surface area contributed by atoms with Crippen LogP contribution in [0.4, 0.5) is 0 Å². The molecule has 0 amide bonds. The van der Waals surface area contributed by atoms with Crippen molar-refractivity contribution in [2.24, 2.45) is 0 Å². The van der Waals surface area contributed by atoms with Crippen molar-refractivity contribution < 1.29 is 0 Å². The lowest BCUT2D eigenvalue weighted by atomic mass is 9.92. The summed E-state index contributed by atoms with van der Waals surface area (Å²) in [6.07, 6.45) is 25.6. The fourth-order valence-electron chi connectivity index (χ4n) is 13.2. The first kappa shape index (κ1) is 50.4. The molecule has 0 spiro atoms. The second-order valence-electron chi connectivity index (χ2n) is 22.7. The fraction of sp³-hybridized carbons (Fsp3) is 0.0250. The van der Waals surface area contributed by atoms with Crippen molar-refractivity contribution in [2.45, 2.75) is 12.3 Å². The third-order valence-electron chi connectivity index (χ3n) is 17.5. The van der Waals surface area contributed by atoms with Crippen LogP contribution in [0.25, 0.3) is 153 Å². The van der Waals surface area contributed by atoms with Crippen LogP contribution < -0.4 is 0 Å². The highest BCUT2D eigenvalue weighted by atomic mass is 32.1. The van der Waals surface area contributed by atoms with Crippen molar-refractivity contribution >= 4 is 75.1 Å². The maximum atomic E-state index is 4.80. The maximum absolute atomic E-state index is 4.80. The molecule has 0 aliphatic heterocycles. The molecule has 7 aromatic heterocycles. The molecule has 0 radical (unpaired) electrons. The van der Waals surface area contributed by atoms with Crippen LogP contribution in [0.3, 0.4) is 0 Å². The third kappa shape index (κ3) is 8.94. The summed E-state index contributed by atoms with van der Waals surface area (Å²) in [5.74, 6) is 0.304. The monoisotopic (exact) mass is 1130 g/mol. The number of nitrogens with zero attached hydrogens (tertiary/aromatic N) is 6. The summed E-state index contributed by atoms with van der Waals surface area (Å²) >= 11 is 1.85. The van der Waals surface area contributed by atoms with Gasteiger partial charge in [0.05, 0.1) is 22.1 Å². The molecule has 87 heavy (non-hydrogen) atoms. The van der Waals surface area contributed by atoms with Gasteiger partial charge in [-0.05, 0) is 160 Å². The first-order chi connectivity index (χ1) is 43.1. The number of rotatable bonds is 10. The van der Waals surface area contributed by atoms with Crippen LogP contribution in [0, 0.1) is 0 Å². The van der Waals surface area contributed by atoms with Crippen molar-refractivity contribution in [3.05, 3.63) is 304 Å². The van der Waals surface area contributed by atoms with E-state index in [1.54, 1.807) is 0 Å². The number of hydrogen-bond acceptors (Lipinski definition) is 5. The summed E-state index contributed by atoms with van der Waals surface area (Å²) in [5, 5.41) is 7.13. The molecule has 6 nitrogen and oxygen atoms in total. The van der Waals surface area contributed by atoms with Crippen LogP contribution in [0.5, 0.6) is 0 Å². The SMILES string of the molecule is C1=CCC(c2cncc(-c3ccc4c(c3)c3cc(-c5cncc(-c6ccccc6)c5)ccc3n4-c3ccc4sc5ccc(-n6c7ccc(-c8cncc(-c9ccccc9)c8)cc7c7cc(-c8cncc(-c9ccccc9)c8)ccc76)cc5c4c3)c2)C=C1. The van der Waals surface area contributed by atoms with Crippen LogP contribution in [0.1, 0.15) is 17.9 Å². The molecular weight excluding hydrogens is 1080 g/mol. The van der Waals surface area contributed by atoms with Crippen LogP contribution in [0.15, 0.2) is 298 Å². The van der Waals surface area contributed by atoms with E-state index >= 15 is 0 Å². The number of allylic oxidation sites excluding steroid dienone is 4. The highest BCUT2D eigenvalue weighted by Gasteiger charge is 2.21. The van der Waals surface area contributed by atoms with Gasteiger partial charge in [0, 0.05) is 148 Å². The molecule has 7 heteroatoms. The minimum Gasteiger partial charge on any atom is -0.309 e. The van der Waals surface area contributed by atoms with E-state index in [1.165, 1.54) is 47.3 Å². The Kier molecular flexibility index (Phi) is 12.1. The van der Waals surface area contributed by atoms with E-state index in [2.05, 4.69) is 258 Å².